The first kappa shape index (κ1) is 13.9. The number of aryl methyl sites for hydroxylation is 2. The van der Waals surface area contributed by atoms with Gasteiger partial charge in [-0.15, -0.1) is 0 Å². The van der Waals surface area contributed by atoms with Crippen LogP contribution in [0.25, 0.3) is 0 Å². The highest BCUT2D eigenvalue weighted by atomic mass is 16.5. The number of hydrogen-bond acceptors (Lipinski definition) is 3. The molecule has 1 aromatic heterocycles. The topological polar surface area (TPSA) is 55.1 Å². The fourth-order valence-corrected chi connectivity index (χ4v) is 2.94. The van der Waals surface area contributed by atoms with E-state index in [2.05, 4.69) is 29.5 Å². The lowest BCUT2D eigenvalue weighted by Gasteiger charge is -2.11. The van der Waals surface area contributed by atoms with Gasteiger partial charge in [-0.05, 0) is 30.4 Å². The fourth-order valence-electron chi connectivity index (χ4n) is 2.94. The second-order valence-electron chi connectivity index (χ2n) is 5.54. The summed E-state index contributed by atoms with van der Waals surface area (Å²) in [6.07, 6.45) is 3.82. The smallest absolute Gasteiger partial charge is 0.227 e. The molecule has 0 fully saturated rings. The van der Waals surface area contributed by atoms with Crippen LogP contribution >= 0.6 is 0 Å². The van der Waals surface area contributed by atoms with E-state index in [-0.39, 0.29) is 11.8 Å². The van der Waals surface area contributed by atoms with Crippen molar-refractivity contribution in [1.82, 2.24) is 10.5 Å². The molecular weight excluding hydrogens is 264 g/mol. The normalized spacial score (nSPS) is 16.7. The summed E-state index contributed by atoms with van der Waals surface area (Å²) >= 11 is 0. The fraction of sp³-hybridized carbons (Fsp3) is 0.412. The number of aromatic nitrogens is 1. The van der Waals surface area contributed by atoms with E-state index < -0.39 is 0 Å². The number of fused-ring (bicyclic) bond motifs is 1. The second-order valence-corrected chi connectivity index (χ2v) is 5.54. The minimum absolute atomic E-state index is 0.0285. The molecule has 1 atom stereocenters. The van der Waals surface area contributed by atoms with E-state index >= 15 is 0 Å². The molecule has 1 amide bonds. The van der Waals surface area contributed by atoms with E-state index in [4.69, 9.17) is 4.52 Å². The highest BCUT2D eigenvalue weighted by Crippen LogP contribution is 2.32. The number of rotatable bonds is 5. The summed E-state index contributed by atoms with van der Waals surface area (Å²) < 4.78 is 5.23. The second kappa shape index (κ2) is 6.12. The van der Waals surface area contributed by atoms with Crippen LogP contribution in [0.3, 0.4) is 0 Å². The van der Waals surface area contributed by atoms with Crippen molar-refractivity contribution in [3.63, 3.8) is 0 Å². The summed E-state index contributed by atoms with van der Waals surface area (Å²) in [5.74, 6) is 0.769. The Morgan fingerprint density at radius 3 is 3.14 bits per heavy atom. The maximum absolute atomic E-state index is 12.3. The monoisotopic (exact) mass is 284 g/mol. The minimum atomic E-state index is -0.0285. The van der Waals surface area contributed by atoms with Crippen LogP contribution in [0.2, 0.25) is 0 Å². The lowest BCUT2D eigenvalue weighted by Crippen LogP contribution is -2.27. The van der Waals surface area contributed by atoms with Crippen molar-refractivity contribution in [2.24, 2.45) is 0 Å². The molecule has 110 valence electrons. The molecule has 4 heteroatoms. The predicted octanol–water partition coefficient (Wildman–Crippen LogP) is 2.97. The van der Waals surface area contributed by atoms with Crippen LogP contribution in [0.4, 0.5) is 0 Å². The van der Waals surface area contributed by atoms with Crippen LogP contribution in [0.5, 0.6) is 0 Å². The van der Waals surface area contributed by atoms with Crippen LogP contribution < -0.4 is 5.32 Å². The van der Waals surface area contributed by atoms with E-state index in [1.807, 2.05) is 18.2 Å². The van der Waals surface area contributed by atoms with Crippen molar-refractivity contribution >= 4 is 5.91 Å². The van der Waals surface area contributed by atoms with E-state index in [0.29, 0.717) is 6.54 Å². The van der Waals surface area contributed by atoms with Crippen molar-refractivity contribution in [3.8, 4) is 0 Å². The molecule has 1 aliphatic rings. The minimum Gasteiger partial charge on any atom is -0.359 e. The van der Waals surface area contributed by atoms with Crippen molar-refractivity contribution in [2.45, 2.75) is 45.1 Å². The summed E-state index contributed by atoms with van der Waals surface area (Å²) in [4.78, 5) is 12.3. The molecule has 0 bridgehead atoms. The Hall–Kier alpha value is -2.10. The largest absolute Gasteiger partial charge is 0.359 e. The molecule has 0 unspecified atom stereocenters. The molecule has 1 N–H and O–H groups in total. The van der Waals surface area contributed by atoms with Crippen molar-refractivity contribution < 1.29 is 9.32 Å². The summed E-state index contributed by atoms with van der Waals surface area (Å²) in [7, 11) is 0. The molecule has 0 saturated carbocycles. The van der Waals surface area contributed by atoms with Crippen molar-refractivity contribution in [3.05, 3.63) is 52.9 Å². The van der Waals surface area contributed by atoms with E-state index in [1.54, 1.807) is 0 Å². The summed E-state index contributed by atoms with van der Waals surface area (Å²) in [5.41, 5.74) is 3.41. The first-order valence-electron chi connectivity index (χ1n) is 7.58. The average Bonchev–Trinajstić information content (AvgIpc) is 3.12. The molecule has 4 nitrogen and oxygen atoms in total. The van der Waals surface area contributed by atoms with Gasteiger partial charge in [-0.2, -0.15) is 0 Å². The first-order chi connectivity index (χ1) is 10.3. The van der Waals surface area contributed by atoms with Gasteiger partial charge >= 0.3 is 0 Å². The molecule has 0 radical (unpaired) electrons. The number of carbonyl (C=O) groups is 1. The molecule has 3 rings (SSSR count). The number of nitrogens with one attached hydrogen (secondary N) is 1. The van der Waals surface area contributed by atoms with Crippen LogP contribution in [-0.4, -0.2) is 11.1 Å². The van der Waals surface area contributed by atoms with Gasteiger partial charge in [0.1, 0.15) is 0 Å². The SMILES string of the molecule is CCCc1cc(CNC(=O)[C@@H]2CCc3ccccc32)on1. The zero-order valence-electron chi connectivity index (χ0n) is 12.3. The highest BCUT2D eigenvalue weighted by molar-refractivity contribution is 5.84. The zero-order chi connectivity index (χ0) is 14.7. The van der Waals surface area contributed by atoms with Crippen LogP contribution in [0.1, 0.15) is 48.3 Å². The number of carbonyl (C=O) groups excluding carboxylic acids is 1. The Bertz CT molecular complexity index is 633. The van der Waals surface area contributed by atoms with Crippen molar-refractivity contribution in [2.75, 3.05) is 0 Å². The first-order valence-corrected chi connectivity index (χ1v) is 7.58. The van der Waals surface area contributed by atoms with Gasteiger partial charge in [0.2, 0.25) is 5.91 Å². The Morgan fingerprint density at radius 1 is 1.43 bits per heavy atom. The lowest BCUT2D eigenvalue weighted by atomic mass is 10.0. The Kier molecular flexibility index (Phi) is 4.04. The van der Waals surface area contributed by atoms with Gasteiger partial charge in [0, 0.05) is 6.07 Å². The van der Waals surface area contributed by atoms with Gasteiger partial charge in [0.25, 0.3) is 0 Å². The van der Waals surface area contributed by atoms with Gasteiger partial charge < -0.3 is 9.84 Å². The molecular formula is C17H20N2O2. The maximum atomic E-state index is 12.3. The highest BCUT2D eigenvalue weighted by Gasteiger charge is 2.28. The molecule has 1 aromatic carbocycles. The number of nitrogens with zero attached hydrogens (tertiary/aromatic N) is 1. The van der Waals surface area contributed by atoms with Gasteiger partial charge in [0.15, 0.2) is 5.76 Å². The van der Waals surface area contributed by atoms with E-state index in [1.165, 1.54) is 11.1 Å². The molecule has 2 aromatic rings. The standard InChI is InChI=1S/C17H20N2O2/c1-2-5-13-10-14(21-19-13)11-18-17(20)16-9-8-12-6-3-4-7-15(12)16/h3-4,6-7,10,16H,2,5,8-9,11H2,1H3,(H,18,20)/t16-/m1/s1. The molecule has 1 aliphatic carbocycles. The molecule has 21 heavy (non-hydrogen) atoms. The zero-order valence-corrected chi connectivity index (χ0v) is 12.3. The summed E-state index contributed by atoms with van der Waals surface area (Å²) in [6.45, 7) is 2.52. The Labute approximate surface area is 124 Å². The lowest BCUT2D eigenvalue weighted by molar-refractivity contribution is -0.122. The molecule has 0 aliphatic heterocycles. The summed E-state index contributed by atoms with van der Waals surface area (Å²) in [5, 5.41) is 6.96. The van der Waals surface area contributed by atoms with Gasteiger partial charge in [-0.3, -0.25) is 4.79 Å². The maximum Gasteiger partial charge on any atom is 0.227 e. The van der Waals surface area contributed by atoms with E-state index in [9.17, 15) is 4.79 Å². The predicted molar refractivity (Wildman–Crippen MR) is 79.8 cm³/mol. The number of amides is 1. The third-order valence-electron chi connectivity index (χ3n) is 4.00. The third kappa shape index (κ3) is 2.99. The number of hydrogen-bond donors (Lipinski definition) is 1. The van der Waals surface area contributed by atoms with Gasteiger partial charge in [-0.1, -0.05) is 42.8 Å². The van der Waals surface area contributed by atoms with Gasteiger partial charge in [-0.25, -0.2) is 0 Å². The van der Waals surface area contributed by atoms with Crippen molar-refractivity contribution in [1.29, 1.82) is 0 Å². The third-order valence-corrected chi connectivity index (χ3v) is 4.00. The van der Waals surface area contributed by atoms with Crippen LogP contribution in [0, 0.1) is 0 Å². The van der Waals surface area contributed by atoms with Crippen LogP contribution in [0.15, 0.2) is 34.9 Å². The Balaban J connectivity index is 1.60. The molecule has 1 heterocycles. The average molecular weight is 284 g/mol. The number of benzene rings is 1. The van der Waals surface area contributed by atoms with E-state index in [0.717, 1.165) is 37.1 Å². The molecule has 0 spiro atoms. The van der Waals surface area contributed by atoms with Crippen LogP contribution in [-0.2, 0) is 24.2 Å². The Morgan fingerprint density at radius 2 is 2.29 bits per heavy atom. The molecule has 0 saturated heterocycles. The van der Waals surface area contributed by atoms with Gasteiger partial charge in [0.05, 0.1) is 18.2 Å². The quantitative estimate of drug-likeness (QED) is 0.918. The summed E-state index contributed by atoms with van der Waals surface area (Å²) in [6, 6.07) is 10.1.